The van der Waals surface area contributed by atoms with Crippen LogP contribution in [0, 0.1) is 5.41 Å². The van der Waals surface area contributed by atoms with Crippen molar-refractivity contribution in [2.45, 2.75) is 65.2 Å². The summed E-state index contributed by atoms with van der Waals surface area (Å²) in [6.07, 6.45) is 2.37. The number of rotatable bonds is 24. The highest BCUT2D eigenvalue weighted by molar-refractivity contribution is 5.76. The topological polar surface area (TPSA) is 220 Å². The van der Waals surface area contributed by atoms with Gasteiger partial charge in [0.2, 0.25) is 13.6 Å². The molecule has 70 heavy (non-hydrogen) atoms. The third-order valence-corrected chi connectivity index (χ3v) is 11.2. The lowest BCUT2D eigenvalue weighted by molar-refractivity contribution is -0.156. The van der Waals surface area contributed by atoms with Gasteiger partial charge in [0, 0.05) is 38.9 Å². The highest BCUT2D eigenvalue weighted by atomic mass is 16.7. The number of aliphatic hydroxyl groups excluding tert-OH is 1. The molecule has 0 radical (unpaired) electrons. The van der Waals surface area contributed by atoms with E-state index in [0.29, 0.717) is 88.4 Å². The van der Waals surface area contributed by atoms with Crippen LogP contribution in [-0.4, -0.2) is 99.4 Å². The average molecular weight is 965 g/mol. The van der Waals surface area contributed by atoms with Crippen LogP contribution in [0.15, 0.2) is 103 Å². The molecule has 0 fully saturated rings. The van der Waals surface area contributed by atoms with E-state index < -0.39 is 30.6 Å². The Bertz CT molecular complexity index is 2370. The Balaban J connectivity index is 0.000000348. The maximum Gasteiger partial charge on any atom is 0.341 e. The summed E-state index contributed by atoms with van der Waals surface area (Å²) in [6, 6.07) is 32.3. The van der Waals surface area contributed by atoms with Crippen LogP contribution in [0.1, 0.15) is 89.6 Å². The zero-order valence-corrected chi connectivity index (χ0v) is 39.6. The highest BCUT2D eigenvalue weighted by Crippen LogP contribution is 2.39. The number of carboxylic acids is 2. The maximum absolute atomic E-state index is 12.2. The molecule has 1 atom stereocenters. The summed E-state index contributed by atoms with van der Waals surface area (Å²) < 4.78 is 44.1. The normalized spacial score (nSPS) is 12.2. The van der Waals surface area contributed by atoms with E-state index in [9.17, 15) is 34.2 Å². The van der Waals surface area contributed by atoms with Crippen LogP contribution in [0.4, 0.5) is 0 Å². The monoisotopic (exact) mass is 964 g/mol. The van der Waals surface area contributed by atoms with E-state index >= 15 is 0 Å². The van der Waals surface area contributed by atoms with Crippen molar-refractivity contribution in [2.75, 3.05) is 53.2 Å². The Kier molecular flexibility index (Phi) is 21.1. The van der Waals surface area contributed by atoms with Gasteiger partial charge in [-0.05, 0) is 82.7 Å². The molecule has 372 valence electrons. The summed E-state index contributed by atoms with van der Waals surface area (Å²) >= 11 is 0. The van der Waals surface area contributed by atoms with E-state index in [2.05, 4.69) is 19.1 Å². The molecule has 1 unspecified atom stereocenters. The first kappa shape index (κ1) is 53.5. The Hall–Kier alpha value is -7.43. The number of fused-ring (bicyclic) bond motifs is 8. The smallest absolute Gasteiger partial charge is 0.341 e. The standard InChI is InChI=1S/C36H32O12.C18H28O4/c37-19-43-21-47-35-27-9-3-11-29(35)16-30-12-4-10-28(36(30)48-22-44-20-38)15-26-8-2-6-24(34(26)46-18-32(41)42)13-23-5-1-7-25(14-27)33(23)45-17-31(39)40;1-15(16-8-5-4-6-9-16)14-18(2,3)17(20)22-13-12-21-11-7-10-19/h1-12,19-20H,13-18,21-22H2,(H,39,40)(H,41,42);4-6,8-9,15,19H,7,10-14H2,1-3H3. The SMILES string of the molecule is CC(CC(C)(C)C(=O)OCCOCCCO)c1ccccc1.O=COCOc1c2cccc1Cc1cccc(c1OCC(=O)O)Cc1cccc(c1OCC(=O)O)Cc1cccc(c1OCOC=O)C2. The second kappa shape index (κ2) is 27.5. The number of benzene rings is 5. The fourth-order valence-electron chi connectivity index (χ4n) is 8.14. The van der Waals surface area contributed by atoms with Crippen LogP contribution in [0.25, 0.3) is 0 Å². The minimum atomic E-state index is -1.15. The number of aliphatic hydroxyl groups is 1. The molecular formula is C54H60O16. The number of carbonyl (C=O) groups is 5. The summed E-state index contributed by atoms with van der Waals surface area (Å²) in [5.41, 5.74) is 6.21. The fourth-order valence-corrected chi connectivity index (χ4v) is 8.14. The molecule has 0 saturated carbocycles. The first-order valence-electron chi connectivity index (χ1n) is 22.7. The number of carbonyl (C=O) groups excluding carboxylic acids is 3. The zero-order valence-electron chi connectivity index (χ0n) is 39.6. The molecule has 0 saturated heterocycles. The van der Waals surface area contributed by atoms with Gasteiger partial charge in [-0.15, -0.1) is 0 Å². The lowest BCUT2D eigenvalue weighted by Crippen LogP contribution is -2.29. The van der Waals surface area contributed by atoms with Crippen LogP contribution in [0.2, 0.25) is 0 Å². The van der Waals surface area contributed by atoms with Crippen molar-refractivity contribution >= 4 is 30.9 Å². The molecule has 0 aromatic heterocycles. The quantitative estimate of drug-likeness (QED) is 0.0176. The van der Waals surface area contributed by atoms with E-state index in [-0.39, 0.29) is 65.0 Å². The van der Waals surface area contributed by atoms with Crippen LogP contribution in [-0.2, 0) is 68.6 Å². The molecule has 16 heteroatoms. The van der Waals surface area contributed by atoms with Gasteiger partial charge in [-0.2, -0.15) is 0 Å². The molecule has 6 rings (SSSR count). The fraction of sp³-hybridized carbons (Fsp3) is 0.352. The van der Waals surface area contributed by atoms with Gasteiger partial charge < -0.3 is 53.2 Å². The minimum absolute atomic E-state index is 0.115. The van der Waals surface area contributed by atoms with Gasteiger partial charge in [-0.25, -0.2) is 9.59 Å². The summed E-state index contributed by atoms with van der Waals surface area (Å²) in [5.74, 6) is -0.575. The molecule has 0 heterocycles. The minimum Gasteiger partial charge on any atom is -0.481 e. The summed E-state index contributed by atoms with van der Waals surface area (Å²) in [7, 11) is 0. The predicted octanol–water partition coefficient (Wildman–Crippen LogP) is 7.46. The molecule has 0 amide bonds. The molecule has 0 spiro atoms. The zero-order chi connectivity index (χ0) is 50.3. The van der Waals surface area contributed by atoms with E-state index in [1.54, 1.807) is 0 Å². The van der Waals surface area contributed by atoms with Crippen LogP contribution in [0.3, 0.4) is 0 Å². The van der Waals surface area contributed by atoms with Gasteiger partial charge in [0.1, 0.15) is 29.6 Å². The van der Waals surface area contributed by atoms with Gasteiger partial charge in [0.25, 0.3) is 12.9 Å². The Morgan fingerprint density at radius 3 is 1.30 bits per heavy atom. The largest absolute Gasteiger partial charge is 0.481 e. The number of hydrogen-bond donors (Lipinski definition) is 3. The van der Waals surface area contributed by atoms with Crippen LogP contribution in [0.5, 0.6) is 23.0 Å². The third kappa shape index (κ3) is 16.1. The van der Waals surface area contributed by atoms with Crippen molar-refractivity contribution < 1.29 is 77.2 Å². The second-order valence-electron chi connectivity index (χ2n) is 17.0. The summed E-state index contributed by atoms with van der Waals surface area (Å²) in [6.45, 7) is 5.89. The number of para-hydroxylation sites is 4. The number of aliphatic carboxylic acids is 2. The van der Waals surface area contributed by atoms with E-state index in [1.807, 2.05) is 105 Å². The van der Waals surface area contributed by atoms with Gasteiger partial charge >= 0.3 is 17.9 Å². The molecular weight excluding hydrogens is 905 g/mol. The van der Waals surface area contributed by atoms with E-state index in [0.717, 1.165) is 17.5 Å². The maximum atomic E-state index is 12.2. The number of esters is 1. The number of hydrogen-bond acceptors (Lipinski definition) is 14. The molecule has 1 aliphatic carbocycles. The second-order valence-corrected chi connectivity index (χ2v) is 17.0. The van der Waals surface area contributed by atoms with Gasteiger partial charge in [-0.1, -0.05) is 110 Å². The molecule has 8 bridgehead atoms. The van der Waals surface area contributed by atoms with Gasteiger partial charge in [-0.3, -0.25) is 14.4 Å². The summed E-state index contributed by atoms with van der Waals surface area (Å²) in [5, 5.41) is 27.6. The van der Waals surface area contributed by atoms with Gasteiger partial charge in [0.15, 0.2) is 13.2 Å². The predicted molar refractivity (Wildman–Crippen MR) is 255 cm³/mol. The van der Waals surface area contributed by atoms with Crippen molar-refractivity contribution in [3.05, 3.63) is 153 Å². The highest BCUT2D eigenvalue weighted by Gasteiger charge is 2.32. The lowest BCUT2D eigenvalue weighted by atomic mass is 9.81. The van der Waals surface area contributed by atoms with E-state index in [4.69, 9.17) is 43.0 Å². The molecule has 16 nitrogen and oxygen atoms in total. The van der Waals surface area contributed by atoms with Crippen molar-refractivity contribution in [3.8, 4) is 23.0 Å². The third-order valence-electron chi connectivity index (χ3n) is 11.2. The number of carboxylic acid groups (broad SMARTS) is 2. The molecule has 5 aromatic carbocycles. The first-order chi connectivity index (χ1) is 33.8. The number of ether oxygens (including phenoxy) is 8. The Labute approximate surface area is 407 Å². The van der Waals surface area contributed by atoms with E-state index in [1.165, 1.54) is 5.56 Å². The Morgan fingerprint density at radius 1 is 0.557 bits per heavy atom. The molecule has 3 N–H and O–H groups in total. The van der Waals surface area contributed by atoms with Crippen molar-refractivity contribution in [1.29, 1.82) is 0 Å². The van der Waals surface area contributed by atoms with Gasteiger partial charge in [0.05, 0.1) is 12.0 Å². The molecule has 0 aliphatic heterocycles. The van der Waals surface area contributed by atoms with Crippen molar-refractivity contribution in [3.63, 3.8) is 0 Å². The lowest BCUT2D eigenvalue weighted by Gasteiger charge is -2.26. The average Bonchev–Trinajstić information content (AvgIpc) is 3.33. The Morgan fingerprint density at radius 2 is 0.943 bits per heavy atom. The summed E-state index contributed by atoms with van der Waals surface area (Å²) in [4.78, 5) is 57.4. The first-order valence-corrected chi connectivity index (χ1v) is 22.7. The van der Waals surface area contributed by atoms with Crippen LogP contribution < -0.4 is 18.9 Å². The van der Waals surface area contributed by atoms with Crippen molar-refractivity contribution in [1.82, 2.24) is 0 Å². The van der Waals surface area contributed by atoms with Crippen LogP contribution >= 0.6 is 0 Å². The molecule has 5 aromatic rings. The van der Waals surface area contributed by atoms with Crippen molar-refractivity contribution in [2.24, 2.45) is 5.41 Å². The molecule has 1 aliphatic rings.